The molecule has 0 radical (unpaired) electrons. The van der Waals surface area contributed by atoms with Gasteiger partial charge in [0.2, 0.25) is 5.95 Å². The highest BCUT2D eigenvalue weighted by atomic mass is 16.7. The second-order valence-corrected chi connectivity index (χ2v) is 8.00. The fourth-order valence-corrected chi connectivity index (χ4v) is 3.87. The molecule has 4 aromatic heterocycles. The standard InChI is InChI=1S/C24H24N8O2/c1-24(34-14-33-3,16-7-5-4-6-8-16)20-9-18(30-23(25)31-20)17-11-26-22-21(17)29-19(12-27-22)15-10-28-32(2)13-15/h4-13H,14H2,1-3H3,(H,26,27)(H2,25,30,31). The number of hydrogen-bond acceptors (Lipinski definition) is 8. The largest absolute Gasteiger partial charge is 0.368 e. The van der Waals surface area contributed by atoms with Gasteiger partial charge in [-0.05, 0) is 18.6 Å². The van der Waals surface area contributed by atoms with Crippen molar-refractivity contribution in [1.29, 1.82) is 0 Å². The average Bonchev–Trinajstić information content (AvgIpc) is 3.48. The molecule has 10 nitrogen and oxygen atoms in total. The van der Waals surface area contributed by atoms with Crippen molar-refractivity contribution in [2.45, 2.75) is 12.5 Å². The summed E-state index contributed by atoms with van der Waals surface area (Å²) in [5.41, 5.74) is 11.0. The van der Waals surface area contributed by atoms with E-state index in [-0.39, 0.29) is 12.7 Å². The minimum atomic E-state index is -0.915. The molecule has 5 aromatic rings. The van der Waals surface area contributed by atoms with Gasteiger partial charge in [0.1, 0.15) is 17.9 Å². The number of hydrogen-bond donors (Lipinski definition) is 2. The van der Waals surface area contributed by atoms with E-state index in [4.69, 9.17) is 20.2 Å². The van der Waals surface area contributed by atoms with Crippen LogP contribution in [0, 0.1) is 0 Å². The van der Waals surface area contributed by atoms with Crippen LogP contribution in [-0.4, -0.2) is 48.6 Å². The van der Waals surface area contributed by atoms with Crippen molar-refractivity contribution in [2.24, 2.45) is 7.05 Å². The minimum absolute atomic E-state index is 0.0810. The highest BCUT2D eigenvalue weighted by Gasteiger charge is 2.33. The Morgan fingerprint density at radius 3 is 2.65 bits per heavy atom. The number of H-pyrrole nitrogens is 1. The Balaban J connectivity index is 1.64. The molecule has 0 spiro atoms. The lowest BCUT2D eigenvalue weighted by atomic mass is 9.91. The second-order valence-electron chi connectivity index (χ2n) is 8.00. The van der Waals surface area contributed by atoms with Gasteiger partial charge in [0.05, 0.1) is 29.5 Å². The molecule has 34 heavy (non-hydrogen) atoms. The van der Waals surface area contributed by atoms with E-state index < -0.39 is 5.60 Å². The highest BCUT2D eigenvalue weighted by Crippen LogP contribution is 2.35. The topological polar surface area (TPSA) is 130 Å². The Morgan fingerprint density at radius 2 is 1.91 bits per heavy atom. The first-order valence-electron chi connectivity index (χ1n) is 10.6. The van der Waals surface area contributed by atoms with Crippen molar-refractivity contribution in [3.8, 4) is 22.5 Å². The lowest BCUT2D eigenvalue weighted by molar-refractivity contribution is -0.109. The number of benzene rings is 1. The number of nitrogens with zero attached hydrogens (tertiary/aromatic N) is 6. The van der Waals surface area contributed by atoms with Gasteiger partial charge in [-0.15, -0.1) is 0 Å². The third kappa shape index (κ3) is 3.89. The van der Waals surface area contributed by atoms with Gasteiger partial charge in [-0.2, -0.15) is 5.10 Å². The van der Waals surface area contributed by atoms with Gasteiger partial charge in [-0.1, -0.05) is 30.3 Å². The number of anilines is 1. The van der Waals surface area contributed by atoms with Gasteiger partial charge in [-0.25, -0.2) is 19.9 Å². The number of nitrogens with one attached hydrogen (secondary N) is 1. The third-order valence-electron chi connectivity index (χ3n) is 5.68. The molecule has 0 aliphatic rings. The number of rotatable bonds is 7. The smallest absolute Gasteiger partial charge is 0.220 e. The summed E-state index contributed by atoms with van der Waals surface area (Å²) in [5, 5.41) is 4.22. The zero-order valence-corrected chi connectivity index (χ0v) is 19.1. The van der Waals surface area contributed by atoms with E-state index in [1.807, 2.05) is 62.8 Å². The molecular weight excluding hydrogens is 432 g/mol. The fraction of sp³-hybridized carbons (Fsp3) is 0.208. The molecule has 0 saturated carbocycles. The first-order chi connectivity index (χ1) is 16.5. The van der Waals surface area contributed by atoms with Gasteiger partial charge in [0.25, 0.3) is 0 Å². The summed E-state index contributed by atoms with van der Waals surface area (Å²) in [7, 11) is 3.44. The molecule has 0 saturated heterocycles. The maximum absolute atomic E-state index is 6.17. The van der Waals surface area contributed by atoms with E-state index >= 15 is 0 Å². The van der Waals surface area contributed by atoms with Crippen molar-refractivity contribution in [3.63, 3.8) is 0 Å². The van der Waals surface area contributed by atoms with Crippen LogP contribution >= 0.6 is 0 Å². The van der Waals surface area contributed by atoms with Crippen LogP contribution in [0.4, 0.5) is 5.95 Å². The molecule has 4 heterocycles. The Bertz CT molecular complexity index is 1450. The first kappa shape index (κ1) is 21.7. The first-order valence-corrected chi connectivity index (χ1v) is 10.6. The molecule has 172 valence electrons. The predicted molar refractivity (Wildman–Crippen MR) is 127 cm³/mol. The molecule has 1 atom stereocenters. The monoisotopic (exact) mass is 456 g/mol. The van der Waals surface area contributed by atoms with Gasteiger partial charge >= 0.3 is 0 Å². The Hall–Kier alpha value is -4.15. The van der Waals surface area contributed by atoms with E-state index in [2.05, 4.69) is 25.0 Å². The fourth-order valence-electron chi connectivity index (χ4n) is 3.87. The van der Waals surface area contributed by atoms with Crippen molar-refractivity contribution >= 4 is 17.1 Å². The highest BCUT2D eigenvalue weighted by molar-refractivity contribution is 5.90. The minimum Gasteiger partial charge on any atom is -0.368 e. The number of aromatic amines is 1. The quantitative estimate of drug-likeness (QED) is 0.357. The van der Waals surface area contributed by atoms with E-state index in [1.54, 1.807) is 24.2 Å². The van der Waals surface area contributed by atoms with Crippen LogP contribution in [0.2, 0.25) is 0 Å². The maximum Gasteiger partial charge on any atom is 0.220 e. The van der Waals surface area contributed by atoms with Crippen molar-refractivity contribution in [2.75, 3.05) is 19.6 Å². The SMILES string of the molecule is COCOC(C)(c1ccccc1)c1cc(-c2c[nH]c3ncc(-c4cnn(C)c4)nc23)nc(N)n1. The molecule has 0 bridgehead atoms. The number of nitrogens with two attached hydrogens (primary N) is 1. The zero-order chi connectivity index (χ0) is 23.7. The van der Waals surface area contributed by atoms with Gasteiger partial charge in [-0.3, -0.25) is 4.68 Å². The number of methoxy groups -OCH3 is 1. The zero-order valence-electron chi connectivity index (χ0n) is 19.1. The number of fused-ring (bicyclic) bond motifs is 1. The van der Waals surface area contributed by atoms with Crippen molar-refractivity contribution < 1.29 is 9.47 Å². The van der Waals surface area contributed by atoms with Crippen LogP contribution in [0.15, 0.2) is 61.2 Å². The summed E-state index contributed by atoms with van der Waals surface area (Å²) in [4.78, 5) is 21.5. The van der Waals surface area contributed by atoms with Crippen LogP contribution in [0.5, 0.6) is 0 Å². The maximum atomic E-state index is 6.17. The molecule has 1 unspecified atom stereocenters. The summed E-state index contributed by atoms with van der Waals surface area (Å²) in [6.07, 6.45) is 7.17. The Kier molecular flexibility index (Phi) is 5.52. The predicted octanol–water partition coefficient (Wildman–Crippen LogP) is 3.28. The molecule has 0 fully saturated rings. The Morgan fingerprint density at radius 1 is 1.09 bits per heavy atom. The molecule has 1 aromatic carbocycles. The molecule has 0 amide bonds. The molecule has 5 rings (SSSR count). The van der Waals surface area contributed by atoms with E-state index in [1.165, 1.54) is 0 Å². The molecule has 10 heteroatoms. The van der Waals surface area contributed by atoms with Gasteiger partial charge < -0.3 is 20.2 Å². The van der Waals surface area contributed by atoms with E-state index in [0.717, 1.165) is 16.7 Å². The van der Waals surface area contributed by atoms with Gasteiger partial charge in [0.15, 0.2) is 5.65 Å². The number of aromatic nitrogens is 7. The lowest BCUT2D eigenvalue weighted by Crippen LogP contribution is -2.30. The molecule has 0 aliphatic carbocycles. The van der Waals surface area contributed by atoms with E-state index in [9.17, 15) is 0 Å². The molecule has 0 aliphatic heterocycles. The molecule has 3 N–H and O–H groups in total. The summed E-state index contributed by atoms with van der Waals surface area (Å²) >= 11 is 0. The summed E-state index contributed by atoms with van der Waals surface area (Å²) in [6, 6.07) is 11.7. The lowest BCUT2D eigenvalue weighted by Gasteiger charge is -2.30. The van der Waals surface area contributed by atoms with Crippen LogP contribution in [0.1, 0.15) is 18.2 Å². The normalized spacial score (nSPS) is 13.3. The third-order valence-corrected chi connectivity index (χ3v) is 5.68. The van der Waals surface area contributed by atoms with Crippen LogP contribution in [0.3, 0.4) is 0 Å². The number of aryl methyl sites for hydroxylation is 1. The number of nitrogen functional groups attached to an aromatic ring is 1. The molecular formula is C24H24N8O2. The number of ether oxygens (including phenoxy) is 2. The summed E-state index contributed by atoms with van der Waals surface area (Å²) in [5.74, 6) is 0.126. The van der Waals surface area contributed by atoms with Crippen LogP contribution in [-0.2, 0) is 22.1 Å². The average molecular weight is 457 g/mol. The van der Waals surface area contributed by atoms with E-state index in [0.29, 0.717) is 28.2 Å². The summed E-state index contributed by atoms with van der Waals surface area (Å²) < 4.78 is 13.1. The van der Waals surface area contributed by atoms with Gasteiger partial charge in [0, 0.05) is 37.7 Å². The van der Waals surface area contributed by atoms with Crippen molar-refractivity contribution in [3.05, 3.63) is 72.4 Å². The van der Waals surface area contributed by atoms with Crippen LogP contribution in [0.25, 0.3) is 33.7 Å². The Labute approximate surface area is 195 Å². The van der Waals surface area contributed by atoms with Crippen molar-refractivity contribution in [1.82, 2.24) is 34.7 Å². The van der Waals surface area contributed by atoms with Crippen LogP contribution < -0.4 is 5.73 Å². The summed E-state index contributed by atoms with van der Waals surface area (Å²) in [6.45, 7) is 2.01. The second kappa shape index (κ2) is 8.65.